The molecule has 7 heterocycles. The number of thiophene rings is 1. The molecule has 2 N–H and O–H groups in total. The van der Waals surface area contributed by atoms with Gasteiger partial charge in [0.25, 0.3) is 0 Å². The average Bonchev–Trinajstić information content (AvgIpc) is 3.60. The molecule has 0 saturated heterocycles. The standard InChI is InChI=1S/C26H20N8OS/c1-26(2,3)25(35)34-15-6-13(8-27-10-15)14-7-16-22(32-33-23(16)29-9-14)24-30-18-12-28-11-17(21(18)31-24)19-4-5-20(34)36-19/h4-12,32H,1-3H3,(H,29,33). The quantitative estimate of drug-likeness (QED) is 0.274. The third-order valence-electron chi connectivity index (χ3n) is 6.27. The number of carbonyl (C=O) groups excluding carboxylic acids is 1. The number of imidazole rings is 1. The van der Waals surface area contributed by atoms with Crippen molar-refractivity contribution < 1.29 is 4.79 Å². The smallest absolute Gasteiger partial charge is 0.237 e. The molecule has 7 rings (SSSR count). The highest BCUT2D eigenvalue weighted by Gasteiger charge is 2.24. The molecule has 0 amide bonds. The van der Waals surface area contributed by atoms with Crippen LogP contribution in [-0.4, -0.2) is 45.6 Å². The van der Waals surface area contributed by atoms with Crippen molar-refractivity contribution in [2.45, 2.75) is 20.8 Å². The molecule has 176 valence electrons. The Morgan fingerprint density at radius 2 is 1.78 bits per heavy atom. The summed E-state index contributed by atoms with van der Waals surface area (Å²) in [5, 5.41) is 8.89. The Balaban J connectivity index is 1.74. The molecule has 8 bridgehead atoms. The largest absolute Gasteiger partial charge is 0.295 e. The van der Waals surface area contributed by atoms with Gasteiger partial charge in [0.05, 0.1) is 17.9 Å². The van der Waals surface area contributed by atoms with Crippen LogP contribution in [0.3, 0.4) is 0 Å². The van der Waals surface area contributed by atoms with E-state index in [0.29, 0.717) is 22.3 Å². The predicted molar refractivity (Wildman–Crippen MR) is 142 cm³/mol. The molecule has 0 radical (unpaired) electrons. The number of rotatable bonds is 0. The van der Waals surface area contributed by atoms with Gasteiger partial charge in [-0.2, -0.15) is 0 Å². The molecule has 0 atom stereocenters. The Morgan fingerprint density at radius 1 is 0.944 bits per heavy atom. The number of carbonyl (C=O) groups is 1. The van der Waals surface area contributed by atoms with E-state index in [9.17, 15) is 4.79 Å². The van der Waals surface area contributed by atoms with Gasteiger partial charge in [-0.15, -0.1) is 11.3 Å². The Bertz CT molecular complexity index is 2020. The van der Waals surface area contributed by atoms with E-state index in [-0.39, 0.29) is 5.91 Å². The molecule has 0 fully saturated rings. The number of H-pyrrole nitrogens is 2. The molecular weight excluding hydrogens is 472 g/mol. The first-order valence-corrected chi connectivity index (χ1v) is 12.3. The van der Waals surface area contributed by atoms with Crippen LogP contribution in [-0.2, 0) is 0 Å². The van der Waals surface area contributed by atoms with E-state index in [0.717, 1.165) is 42.5 Å². The van der Waals surface area contributed by atoms with Crippen molar-refractivity contribution in [2.75, 3.05) is 0 Å². The highest BCUT2D eigenvalue weighted by atomic mass is 32.1. The summed E-state index contributed by atoms with van der Waals surface area (Å²) in [4.78, 5) is 37.7. The first-order valence-electron chi connectivity index (χ1n) is 11.5. The monoisotopic (exact) mass is 492 g/mol. The second-order valence-electron chi connectivity index (χ2n) is 9.81. The zero-order chi connectivity index (χ0) is 24.6. The summed E-state index contributed by atoms with van der Waals surface area (Å²) >= 11 is 1.51. The van der Waals surface area contributed by atoms with Crippen LogP contribution >= 0.6 is 11.3 Å². The predicted octanol–water partition coefficient (Wildman–Crippen LogP) is 5.86. The lowest BCUT2D eigenvalue weighted by molar-refractivity contribution is 0.0778. The minimum absolute atomic E-state index is 0.0259. The summed E-state index contributed by atoms with van der Waals surface area (Å²) in [6, 6.07) is 7.98. The van der Waals surface area contributed by atoms with Crippen LogP contribution in [0.1, 0.15) is 25.6 Å². The molecule has 36 heavy (non-hydrogen) atoms. The zero-order valence-electron chi connectivity index (χ0n) is 19.7. The molecule has 0 spiro atoms. The van der Waals surface area contributed by atoms with Crippen LogP contribution in [0, 0.1) is 5.41 Å². The number of aromatic amines is 2. The first-order chi connectivity index (χ1) is 17.4. The summed E-state index contributed by atoms with van der Waals surface area (Å²) in [6.07, 6.45) is 8.81. The number of hydrogen-bond acceptors (Lipinski definition) is 7. The summed E-state index contributed by atoms with van der Waals surface area (Å²) in [5.74, 6) is -0.0259. The van der Waals surface area contributed by atoms with Crippen LogP contribution in [0.4, 0.5) is 0 Å². The normalized spacial score (nSPS) is 12.4. The van der Waals surface area contributed by atoms with Gasteiger partial charge < -0.3 is 0 Å². The number of nitrogens with one attached hydrogen (secondary N) is 2. The van der Waals surface area contributed by atoms with Crippen molar-refractivity contribution in [1.29, 1.82) is 0 Å². The second-order valence-corrected chi connectivity index (χ2v) is 10.9. The van der Waals surface area contributed by atoms with Crippen molar-refractivity contribution in [3.8, 4) is 11.3 Å². The van der Waals surface area contributed by atoms with Gasteiger partial charge in [0, 0.05) is 50.4 Å². The van der Waals surface area contributed by atoms with E-state index in [2.05, 4.69) is 25.1 Å². The maximum atomic E-state index is 13.7. The molecule has 0 saturated carbocycles. The van der Waals surface area contributed by atoms with Gasteiger partial charge >= 0.3 is 0 Å². The van der Waals surface area contributed by atoms with Crippen molar-refractivity contribution in [3.63, 3.8) is 0 Å². The van der Waals surface area contributed by atoms with Crippen molar-refractivity contribution >= 4 is 70.8 Å². The topological polar surface area (TPSA) is 118 Å². The van der Waals surface area contributed by atoms with E-state index < -0.39 is 5.41 Å². The second kappa shape index (κ2) is 7.28. The van der Waals surface area contributed by atoms with E-state index in [1.807, 2.05) is 45.0 Å². The molecule has 5 aromatic rings. The number of fused-ring (bicyclic) bond motifs is 9. The Morgan fingerprint density at radius 3 is 2.64 bits per heavy atom. The summed E-state index contributed by atoms with van der Waals surface area (Å²) in [6.45, 7) is 5.76. The third kappa shape index (κ3) is 3.07. The third-order valence-corrected chi connectivity index (χ3v) is 7.37. The van der Waals surface area contributed by atoms with E-state index in [4.69, 9.17) is 9.97 Å². The number of nitrogens with zero attached hydrogens (tertiary/aromatic N) is 6. The average molecular weight is 493 g/mol. The minimum atomic E-state index is -0.604. The van der Waals surface area contributed by atoms with Crippen LogP contribution in [0.2, 0.25) is 0 Å². The Kier molecular flexibility index (Phi) is 4.23. The number of pyridine rings is 3. The zero-order valence-corrected chi connectivity index (χ0v) is 20.5. The fourth-order valence-electron chi connectivity index (χ4n) is 4.44. The maximum absolute atomic E-state index is 13.7. The lowest BCUT2D eigenvalue weighted by Crippen LogP contribution is -2.26. The first kappa shape index (κ1) is 20.9. The van der Waals surface area contributed by atoms with Crippen molar-refractivity contribution in [1.82, 2.24) is 39.7 Å². The van der Waals surface area contributed by atoms with E-state index in [1.54, 1.807) is 35.6 Å². The van der Waals surface area contributed by atoms with E-state index in [1.165, 1.54) is 11.3 Å². The summed E-state index contributed by atoms with van der Waals surface area (Å²) < 4.78 is 2.70. The molecule has 9 nitrogen and oxygen atoms in total. The fraction of sp³-hybridized carbons (Fsp3) is 0.154. The molecule has 10 heteroatoms. The Labute approximate surface area is 207 Å². The van der Waals surface area contributed by atoms with E-state index >= 15 is 0 Å². The molecule has 0 aliphatic carbocycles. The van der Waals surface area contributed by atoms with Crippen molar-refractivity contribution in [3.05, 3.63) is 55.2 Å². The lowest BCUT2D eigenvalue weighted by Gasteiger charge is -2.19. The van der Waals surface area contributed by atoms with Crippen LogP contribution < -0.4 is 0 Å². The van der Waals surface area contributed by atoms with Gasteiger partial charge in [-0.25, -0.2) is 15.0 Å². The molecule has 0 aromatic carbocycles. The van der Waals surface area contributed by atoms with Gasteiger partial charge in [-0.05, 0) is 24.3 Å². The molecule has 0 unspecified atom stereocenters. The minimum Gasteiger partial charge on any atom is -0.295 e. The van der Waals surface area contributed by atoms with Crippen LogP contribution in [0.15, 0.2) is 55.2 Å². The highest BCUT2D eigenvalue weighted by Crippen LogP contribution is 2.32. The Hall–Kier alpha value is -4.44. The van der Waals surface area contributed by atoms with Gasteiger partial charge in [0.2, 0.25) is 5.91 Å². The maximum Gasteiger partial charge on any atom is 0.237 e. The van der Waals surface area contributed by atoms with Crippen LogP contribution in [0.5, 0.6) is 0 Å². The summed E-state index contributed by atoms with van der Waals surface area (Å²) in [7, 11) is 0. The SMILES string of the molecule is CC(C)(C)C(=O)n1c2cncc(c2)c2cnc3[nH][nH]c(c4nc5cncc(c6ccc1s6)c5n4)-c3c2. The molecule has 2 aliphatic heterocycles. The molecule has 2 aliphatic rings. The molecule has 5 aromatic heterocycles. The van der Waals surface area contributed by atoms with Gasteiger partial charge in [-0.1, -0.05) is 20.8 Å². The van der Waals surface area contributed by atoms with Gasteiger partial charge in [-0.3, -0.25) is 29.5 Å². The number of aromatic nitrogens is 8. The lowest BCUT2D eigenvalue weighted by atomic mass is 9.95. The number of hydrogen-bond donors (Lipinski definition) is 2. The highest BCUT2D eigenvalue weighted by molar-refractivity contribution is 7.24. The van der Waals surface area contributed by atoms with Gasteiger partial charge in [0.1, 0.15) is 21.6 Å². The summed E-state index contributed by atoms with van der Waals surface area (Å²) in [5.41, 5.74) is 4.42. The fourth-order valence-corrected chi connectivity index (χ4v) is 5.47. The van der Waals surface area contributed by atoms with Crippen LogP contribution in [0.25, 0.3) is 64.8 Å². The van der Waals surface area contributed by atoms with Gasteiger partial charge in [0.15, 0.2) is 11.3 Å². The molecular formula is C26H20N8OS. The van der Waals surface area contributed by atoms with Crippen molar-refractivity contribution in [2.24, 2.45) is 5.41 Å².